The molecule has 0 aliphatic carbocycles. The molecular weight excluding hydrogens is 425 g/mol. The molecular formula is C25H20FN3O4. The summed E-state index contributed by atoms with van der Waals surface area (Å²) in [5.74, 6) is 0.547. The minimum atomic E-state index is -0.555. The van der Waals surface area contributed by atoms with Crippen LogP contribution in [-0.4, -0.2) is 16.2 Å². The van der Waals surface area contributed by atoms with Crippen LogP contribution in [0.25, 0.3) is 10.8 Å². The molecule has 0 atom stereocenters. The Morgan fingerprint density at radius 3 is 2.58 bits per heavy atom. The van der Waals surface area contributed by atoms with Crippen LogP contribution in [0.3, 0.4) is 0 Å². The van der Waals surface area contributed by atoms with Crippen LogP contribution in [-0.2, 0) is 6.54 Å². The molecule has 1 heterocycles. The predicted molar refractivity (Wildman–Crippen MR) is 121 cm³/mol. The molecule has 8 heteroatoms. The third-order valence-electron chi connectivity index (χ3n) is 5.31. The first-order valence-electron chi connectivity index (χ1n) is 10.2. The summed E-state index contributed by atoms with van der Waals surface area (Å²) in [4.78, 5) is 25.2. The molecule has 0 saturated carbocycles. The molecule has 0 amide bonds. The summed E-state index contributed by atoms with van der Waals surface area (Å²) < 4.78 is 27.0. The quantitative estimate of drug-likeness (QED) is 0.480. The summed E-state index contributed by atoms with van der Waals surface area (Å²) in [6.45, 7) is 4.04. The molecule has 1 aromatic heterocycles. The molecule has 0 spiro atoms. The van der Waals surface area contributed by atoms with Gasteiger partial charge in [-0.05, 0) is 66.1 Å². The molecule has 3 aromatic carbocycles. The van der Waals surface area contributed by atoms with Gasteiger partial charge < -0.3 is 9.47 Å². The molecule has 166 valence electrons. The van der Waals surface area contributed by atoms with E-state index in [4.69, 9.17) is 9.47 Å². The maximum atomic E-state index is 13.9. The third kappa shape index (κ3) is 4.62. The van der Waals surface area contributed by atoms with E-state index in [1.165, 1.54) is 35.0 Å². The van der Waals surface area contributed by atoms with Crippen molar-refractivity contribution in [3.63, 3.8) is 0 Å². The number of H-pyrrole nitrogens is 1. The van der Waals surface area contributed by atoms with Crippen molar-refractivity contribution < 1.29 is 13.9 Å². The molecule has 0 aliphatic rings. The van der Waals surface area contributed by atoms with E-state index in [2.05, 4.69) is 11.1 Å². The lowest BCUT2D eigenvalue weighted by molar-refractivity contribution is 0.281. The van der Waals surface area contributed by atoms with Crippen LogP contribution in [0.1, 0.15) is 16.7 Å². The van der Waals surface area contributed by atoms with Crippen LogP contribution in [0.4, 0.5) is 4.39 Å². The van der Waals surface area contributed by atoms with E-state index in [0.717, 1.165) is 21.9 Å². The highest BCUT2D eigenvalue weighted by atomic mass is 19.1. The van der Waals surface area contributed by atoms with E-state index in [1.54, 1.807) is 6.07 Å². The summed E-state index contributed by atoms with van der Waals surface area (Å²) in [5, 5.41) is 11.2. The maximum Gasteiger partial charge on any atom is 0.328 e. The van der Waals surface area contributed by atoms with Gasteiger partial charge in [-0.3, -0.25) is 14.3 Å². The molecule has 0 aliphatic heterocycles. The van der Waals surface area contributed by atoms with Crippen LogP contribution in [0.5, 0.6) is 17.2 Å². The van der Waals surface area contributed by atoms with Gasteiger partial charge in [0.2, 0.25) is 0 Å². The SMILES string of the molecule is Cc1cc(Oc2ccc(F)cc2OCCn2ccc(=O)[nH]c2=O)c(C)c2cc(C#N)ccc12. The van der Waals surface area contributed by atoms with Crippen molar-refractivity contribution in [2.75, 3.05) is 6.61 Å². The fourth-order valence-corrected chi connectivity index (χ4v) is 3.56. The number of hydrogen-bond donors (Lipinski definition) is 1. The molecule has 4 rings (SSSR count). The molecule has 1 N–H and O–H groups in total. The number of nitrogens with one attached hydrogen (secondary N) is 1. The Balaban J connectivity index is 1.62. The number of fused-ring (bicyclic) bond motifs is 1. The van der Waals surface area contributed by atoms with Crippen molar-refractivity contribution in [1.82, 2.24) is 9.55 Å². The highest BCUT2D eigenvalue weighted by Crippen LogP contribution is 2.37. The van der Waals surface area contributed by atoms with Crippen molar-refractivity contribution in [3.05, 3.63) is 98.1 Å². The van der Waals surface area contributed by atoms with Gasteiger partial charge >= 0.3 is 5.69 Å². The van der Waals surface area contributed by atoms with Gasteiger partial charge in [0, 0.05) is 18.3 Å². The number of nitrogens with zero attached hydrogens (tertiary/aromatic N) is 2. The maximum absolute atomic E-state index is 13.9. The van der Waals surface area contributed by atoms with Crippen LogP contribution in [0, 0.1) is 31.0 Å². The fourth-order valence-electron chi connectivity index (χ4n) is 3.56. The lowest BCUT2D eigenvalue weighted by Gasteiger charge is -2.16. The topological polar surface area (TPSA) is 97.1 Å². The summed E-state index contributed by atoms with van der Waals surface area (Å²) in [5.41, 5.74) is 1.31. The number of aryl methyl sites for hydroxylation is 2. The number of aromatic amines is 1. The first-order valence-corrected chi connectivity index (χ1v) is 10.2. The number of halogens is 1. The van der Waals surface area contributed by atoms with E-state index < -0.39 is 17.1 Å². The zero-order valence-electron chi connectivity index (χ0n) is 18.0. The van der Waals surface area contributed by atoms with Gasteiger partial charge in [-0.15, -0.1) is 0 Å². The normalized spacial score (nSPS) is 10.7. The van der Waals surface area contributed by atoms with Gasteiger partial charge in [0.1, 0.15) is 18.2 Å². The smallest absolute Gasteiger partial charge is 0.328 e. The average Bonchev–Trinajstić information content (AvgIpc) is 2.80. The summed E-state index contributed by atoms with van der Waals surface area (Å²) in [6, 6.07) is 14.7. The van der Waals surface area contributed by atoms with Crippen LogP contribution < -0.4 is 20.7 Å². The van der Waals surface area contributed by atoms with Crippen molar-refractivity contribution >= 4 is 10.8 Å². The second-order valence-corrected chi connectivity index (χ2v) is 7.53. The fraction of sp³-hybridized carbons (Fsp3) is 0.160. The average molecular weight is 445 g/mol. The van der Waals surface area contributed by atoms with E-state index in [1.807, 2.05) is 32.0 Å². The van der Waals surface area contributed by atoms with E-state index in [0.29, 0.717) is 17.1 Å². The standard InChI is InChI=1S/C25H20FN3O4/c1-15-11-22(16(2)20-12-17(14-27)3-5-19(15)20)33-21-6-4-18(26)13-23(21)32-10-9-29-8-7-24(30)28-25(29)31/h3-8,11-13H,9-10H2,1-2H3,(H,28,30,31). The van der Waals surface area contributed by atoms with Gasteiger partial charge in [0.05, 0.1) is 18.2 Å². The van der Waals surface area contributed by atoms with E-state index in [9.17, 15) is 19.2 Å². The summed E-state index contributed by atoms with van der Waals surface area (Å²) in [6.07, 6.45) is 1.37. The number of hydrogen-bond acceptors (Lipinski definition) is 5. The van der Waals surface area contributed by atoms with Crippen molar-refractivity contribution in [2.45, 2.75) is 20.4 Å². The van der Waals surface area contributed by atoms with E-state index in [-0.39, 0.29) is 18.9 Å². The molecule has 7 nitrogen and oxygen atoms in total. The zero-order chi connectivity index (χ0) is 23.5. The number of benzene rings is 3. The molecule has 0 radical (unpaired) electrons. The third-order valence-corrected chi connectivity index (χ3v) is 5.31. The zero-order valence-corrected chi connectivity index (χ0v) is 18.0. The predicted octanol–water partition coefficient (Wildman–Crippen LogP) is 4.19. The Morgan fingerprint density at radius 2 is 1.82 bits per heavy atom. The van der Waals surface area contributed by atoms with Crippen LogP contribution >= 0.6 is 0 Å². The minimum absolute atomic E-state index is 0.0486. The Hall–Kier alpha value is -4.38. The van der Waals surface area contributed by atoms with Gasteiger partial charge in [0.25, 0.3) is 5.56 Å². The number of ether oxygens (including phenoxy) is 2. The molecule has 0 unspecified atom stereocenters. The van der Waals surface area contributed by atoms with Crippen LogP contribution in [0.15, 0.2) is 64.3 Å². The molecule has 0 saturated heterocycles. The summed E-state index contributed by atoms with van der Waals surface area (Å²) in [7, 11) is 0. The lowest BCUT2D eigenvalue weighted by Crippen LogP contribution is -2.30. The number of rotatable bonds is 6. The largest absolute Gasteiger partial charge is 0.488 e. The second kappa shape index (κ2) is 9.01. The Kier molecular flexibility index (Phi) is 5.96. The highest BCUT2D eigenvalue weighted by molar-refractivity contribution is 5.91. The van der Waals surface area contributed by atoms with Crippen molar-refractivity contribution in [1.29, 1.82) is 5.26 Å². The first kappa shape index (κ1) is 21.8. The molecule has 4 aromatic rings. The van der Waals surface area contributed by atoms with Gasteiger partial charge in [-0.2, -0.15) is 5.26 Å². The highest BCUT2D eigenvalue weighted by Gasteiger charge is 2.14. The first-order chi connectivity index (χ1) is 15.9. The van der Waals surface area contributed by atoms with Crippen molar-refractivity contribution in [3.8, 4) is 23.3 Å². The lowest BCUT2D eigenvalue weighted by atomic mass is 9.98. The minimum Gasteiger partial charge on any atom is -0.488 e. The Labute approximate surface area is 188 Å². The van der Waals surface area contributed by atoms with Gasteiger partial charge in [0.15, 0.2) is 11.5 Å². The van der Waals surface area contributed by atoms with Crippen molar-refractivity contribution in [2.24, 2.45) is 0 Å². The molecule has 0 fully saturated rings. The van der Waals surface area contributed by atoms with Gasteiger partial charge in [-0.25, -0.2) is 9.18 Å². The molecule has 0 bridgehead atoms. The molecule has 33 heavy (non-hydrogen) atoms. The summed E-state index contributed by atoms with van der Waals surface area (Å²) >= 11 is 0. The monoisotopic (exact) mass is 445 g/mol. The number of nitriles is 1. The second-order valence-electron chi connectivity index (χ2n) is 7.53. The van der Waals surface area contributed by atoms with Crippen LogP contribution in [0.2, 0.25) is 0 Å². The Bertz CT molecular complexity index is 1520. The van der Waals surface area contributed by atoms with E-state index >= 15 is 0 Å². The van der Waals surface area contributed by atoms with Gasteiger partial charge in [-0.1, -0.05) is 6.07 Å². The number of aromatic nitrogens is 2. The Morgan fingerprint density at radius 1 is 1.00 bits per heavy atom.